The number of hydrogen-bond acceptors (Lipinski definition) is 5. The van der Waals surface area contributed by atoms with Crippen molar-refractivity contribution in [3.8, 4) is 11.5 Å². The van der Waals surface area contributed by atoms with E-state index < -0.39 is 0 Å². The van der Waals surface area contributed by atoms with E-state index in [1.807, 2.05) is 24.3 Å². The summed E-state index contributed by atoms with van der Waals surface area (Å²) in [6.45, 7) is 3.99. The number of amidine groups is 1. The lowest BCUT2D eigenvalue weighted by atomic mass is 10.1. The molecule has 1 amide bonds. The molecule has 0 atom stereocenters. The molecule has 24 heavy (non-hydrogen) atoms. The summed E-state index contributed by atoms with van der Waals surface area (Å²) in [7, 11) is 5.42. The normalized spacial score (nSPS) is 20.5. The average molecular weight is 348 g/mol. The van der Waals surface area contributed by atoms with Gasteiger partial charge in [0, 0.05) is 5.56 Å². The van der Waals surface area contributed by atoms with Crippen molar-refractivity contribution in [1.82, 2.24) is 4.90 Å². The predicted molar refractivity (Wildman–Crippen MR) is 95.7 cm³/mol. The highest BCUT2D eigenvalue weighted by Crippen LogP contribution is 2.33. The first-order chi connectivity index (χ1) is 11.6. The number of aliphatic imine (C=N–C) groups is 1. The zero-order valence-corrected chi connectivity index (χ0v) is 15.0. The molecule has 6 nitrogen and oxygen atoms in total. The first-order valence-corrected chi connectivity index (χ1v) is 8.73. The summed E-state index contributed by atoms with van der Waals surface area (Å²) in [5.41, 5.74) is 0.812. The number of carbonyl (C=O) groups is 1. The SMILES string of the molecule is COc1ccc(OC)c(/C=C2\SC(N3CC[NH+](C)CC3)=NC2=O)c1. The summed E-state index contributed by atoms with van der Waals surface area (Å²) < 4.78 is 10.6. The van der Waals surface area contributed by atoms with Gasteiger partial charge in [-0.2, -0.15) is 4.99 Å². The minimum atomic E-state index is -0.189. The van der Waals surface area contributed by atoms with Crippen molar-refractivity contribution in [2.75, 3.05) is 47.4 Å². The lowest BCUT2D eigenvalue weighted by Crippen LogP contribution is -3.12. The van der Waals surface area contributed by atoms with Crippen molar-refractivity contribution in [2.45, 2.75) is 0 Å². The Balaban J connectivity index is 1.79. The molecule has 7 heteroatoms. The molecule has 0 saturated carbocycles. The third-order valence-electron chi connectivity index (χ3n) is 4.22. The zero-order valence-electron chi connectivity index (χ0n) is 14.2. The minimum absolute atomic E-state index is 0.189. The number of methoxy groups -OCH3 is 2. The molecule has 0 radical (unpaired) electrons. The highest BCUT2D eigenvalue weighted by molar-refractivity contribution is 8.18. The van der Waals surface area contributed by atoms with Crippen molar-refractivity contribution in [3.05, 3.63) is 28.7 Å². The molecule has 128 valence electrons. The Kier molecular flexibility index (Phi) is 5.11. The van der Waals surface area contributed by atoms with Gasteiger partial charge in [0.1, 0.15) is 11.5 Å². The molecule has 2 heterocycles. The molecule has 3 rings (SSSR count). The van der Waals surface area contributed by atoms with Gasteiger partial charge in [0.25, 0.3) is 5.91 Å². The Morgan fingerprint density at radius 2 is 2.00 bits per heavy atom. The molecule has 1 aromatic carbocycles. The predicted octanol–water partition coefficient (Wildman–Crippen LogP) is 0.504. The van der Waals surface area contributed by atoms with Gasteiger partial charge in [0.05, 0.1) is 52.4 Å². The standard InChI is InChI=1S/C17H21N3O3S/c1-19-6-8-20(9-7-19)17-18-16(21)15(24-17)11-12-10-13(22-2)4-5-14(12)23-3/h4-5,10-11H,6-9H2,1-3H3/p+1/b15-11-. The van der Waals surface area contributed by atoms with Crippen LogP contribution in [0.2, 0.25) is 0 Å². The second-order valence-electron chi connectivity index (χ2n) is 5.86. The van der Waals surface area contributed by atoms with E-state index in [1.54, 1.807) is 14.2 Å². The van der Waals surface area contributed by atoms with Gasteiger partial charge in [-0.3, -0.25) is 4.79 Å². The first kappa shape index (κ1) is 16.9. The maximum absolute atomic E-state index is 12.3. The number of rotatable bonds is 3. The van der Waals surface area contributed by atoms with E-state index in [1.165, 1.54) is 16.7 Å². The molecule has 0 spiro atoms. The van der Waals surface area contributed by atoms with Gasteiger partial charge in [-0.1, -0.05) is 0 Å². The third kappa shape index (κ3) is 3.57. The number of ether oxygens (including phenoxy) is 2. The second kappa shape index (κ2) is 7.27. The molecule has 0 bridgehead atoms. The van der Waals surface area contributed by atoms with Gasteiger partial charge in [0.2, 0.25) is 0 Å². The van der Waals surface area contributed by atoms with Crippen molar-refractivity contribution in [3.63, 3.8) is 0 Å². The van der Waals surface area contributed by atoms with Crippen LogP contribution in [0.15, 0.2) is 28.1 Å². The van der Waals surface area contributed by atoms with E-state index in [2.05, 4.69) is 16.9 Å². The second-order valence-corrected chi connectivity index (χ2v) is 6.87. The van der Waals surface area contributed by atoms with Crippen LogP contribution in [0.3, 0.4) is 0 Å². The number of amides is 1. The molecule has 2 aliphatic heterocycles. The minimum Gasteiger partial charge on any atom is -0.497 e. The molecular weight excluding hydrogens is 326 g/mol. The van der Waals surface area contributed by atoms with Gasteiger partial charge >= 0.3 is 0 Å². The number of hydrogen-bond donors (Lipinski definition) is 1. The van der Waals surface area contributed by atoms with Gasteiger partial charge < -0.3 is 19.3 Å². The number of quaternary nitrogens is 1. The smallest absolute Gasteiger partial charge is 0.286 e. The number of nitrogens with zero attached hydrogens (tertiary/aromatic N) is 2. The number of carbonyl (C=O) groups excluding carboxylic acids is 1. The largest absolute Gasteiger partial charge is 0.497 e. The number of piperazine rings is 1. The molecule has 1 N–H and O–H groups in total. The van der Waals surface area contributed by atoms with Crippen LogP contribution in [-0.4, -0.2) is 63.4 Å². The van der Waals surface area contributed by atoms with Crippen LogP contribution in [-0.2, 0) is 4.79 Å². The lowest BCUT2D eigenvalue weighted by Gasteiger charge is -2.30. The van der Waals surface area contributed by atoms with Gasteiger partial charge in [0.15, 0.2) is 5.17 Å². The Hall–Kier alpha value is -1.99. The molecule has 0 aliphatic carbocycles. The quantitative estimate of drug-likeness (QED) is 0.807. The lowest BCUT2D eigenvalue weighted by molar-refractivity contribution is -0.883. The number of benzene rings is 1. The molecule has 2 aliphatic rings. The summed E-state index contributed by atoms with van der Waals surface area (Å²) in [5.74, 6) is 1.24. The van der Waals surface area contributed by atoms with Gasteiger partial charge in [-0.15, -0.1) is 0 Å². The van der Waals surface area contributed by atoms with Crippen LogP contribution >= 0.6 is 11.8 Å². The average Bonchev–Trinajstić information content (AvgIpc) is 2.96. The number of thioether (sulfide) groups is 1. The van der Waals surface area contributed by atoms with Gasteiger partial charge in [-0.05, 0) is 36.0 Å². The van der Waals surface area contributed by atoms with Crippen molar-refractivity contribution < 1.29 is 19.2 Å². The highest BCUT2D eigenvalue weighted by atomic mass is 32.2. The van der Waals surface area contributed by atoms with Gasteiger partial charge in [-0.25, -0.2) is 0 Å². The Labute approximate surface area is 146 Å². The summed E-state index contributed by atoms with van der Waals surface area (Å²) in [4.78, 5) is 20.8. The summed E-state index contributed by atoms with van der Waals surface area (Å²) in [5, 5.41) is 0.806. The fourth-order valence-corrected chi connectivity index (χ4v) is 3.66. The van der Waals surface area contributed by atoms with Crippen LogP contribution in [0.4, 0.5) is 0 Å². The zero-order chi connectivity index (χ0) is 17.1. The summed E-state index contributed by atoms with van der Waals surface area (Å²) in [6.07, 6.45) is 1.83. The maximum atomic E-state index is 12.3. The van der Waals surface area contributed by atoms with Crippen LogP contribution in [0.1, 0.15) is 5.56 Å². The Bertz CT molecular complexity index is 694. The van der Waals surface area contributed by atoms with E-state index in [4.69, 9.17) is 9.47 Å². The monoisotopic (exact) mass is 348 g/mol. The van der Waals surface area contributed by atoms with E-state index >= 15 is 0 Å². The molecule has 0 aromatic heterocycles. The molecule has 1 aromatic rings. The molecule has 1 saturated heterocycles. The maximum Gasteiger partial charge on any atom is 0.286 e. The Morgan fingerprint density at radius 3 is 2.67 bits per heavy atom. The fraction of sp³-hybridized carbons (Fsp3) is 0.412. The molecule has 0 unspecified atom stereocenters. The van der Waals surface area contributed by atoms with E-state index in [9.17, 15) is 4.79 Å². The van der Waals surface area contributed by atoms with Crippen molar-refractivity contribution in [2.24, 2.45) is 4.99 Å². The van der Waals surface area contributed by atoms with Crippen molar-refractivity contribution >= 4 is 28.9 Å². The van der Waals surface area contributed by atoms with Crippen LogP contribution in [0.5, 0.6) is 11.5 Å². The highest BCUT2D eigenvalue weighted by Gasteiger charge is 2.29. The summed E-state index contributed by atoms with van der Waals surface area (Å²) in [6, 6.07) is 5.52. The molecule has 1 fully saturated rings. The summed E-state index contributed by atoms with van der Waals surface area (Å²) >= 11 is 1.44. The van der Waals surface area contributed by atoms with Crippen LogP contribution in [0.25, 0.3) is 6.08 Å². The van der Waals surface area contributed by atoms with Crippen molar-refractivity contribution in [1.29, 1.82) is 0 Å². The third-order valence-corrected chi connectivity index (χ3v) is 5.26. The number of likely N-dealkylation sites (N-methyl/N-ethyl adjacent to an activating group) is 1. The topological polar surface area (TPSA) is 55.6 Å². The molecular formula is C17H22N3O3S+. The Morgan fingerprint density at radius 1 is 1.25 bits per heavy atom. The van der Waals surface area contributed by atoms with E-state index in [0.29, 0.717) is 10.7 Å². The van der Waals surface area contributed by atoms with Crippen LogP contribution < -0.4 is 14.4 Å². The van der Waals surface area contributed by atoms with Crippen LogP contribution in [0, 0.1) is 0 Å². The number of nitrogens with one attached hydrogen (secondary N) is 1. The van der Waals surface area contributed by atoms with E-state index in [-0.39, 0.29) is 5.91 Å². The fourth-order valence-electron chi connectivity index (χ4n) is 2.71. The first-order valence-electron chi connectivity index (χ1n) is 7.91. The van der Waals surface area contributed by atoms with E-state index in [0.717, 1.165) is 42.7 Å².